The van der Waals surface area contributed by atoms with Crippen molar-refractivity contribution >= 4 is 62.4 Å². The normalized spacial score (nSPS) is 22.7. The van der Waals surface area contributed by atoms with Gasteiger partial charge < -0.3 is 49.6 Å². The molecule has 5 N–H and O–H groups in total. The fourth-order valence-corrected chi connectivity index (χ4v) is 13.6. The molecule has 5 aliphatic rings. The van der Waals surface area contributed by atoms with Gasteiger partial charge in [0.15, 0.2) is 11.5 Å². The molecule has 7 atom stereocenters. The Bertz CT molecular complexity index is 3720. The number of nitrogens with one attached hydrogen (secondary N) is 3. The highest BCUT2D eigenvalue weighted by atomic mass is 35.5. The number of aryl methyl sites for hydroxylation is 1. The third kappa shape index (κ3) is 9.38. The molecule has 420 valence electrons. The zero-order valence-electron chi connectivity index (χ0n) is 45.1. The molecule has 20 nitrogen and oxygen atoms in total. The van der Waals surface area contributed by atoms with Gasteiger partial charge in [0.1, 0.15) is 54.2 Å². The van der Waals surface area contributed by atoms with Gasteiger partial charge >= 0.3 is 6.01 Å². The first kappa shape index (κ1) is 53.0. The van der Waals surface area contributed by atoms with E-state index in [1.807, 2.05) is 69.3 Å². The number of fused-ring (bicyclic) bond motifs is 7. The van der Waals surface area contributed by atoms with Crippen LogP contribution in [0.15, 0.2) is 72.5 Å². The van der Waals surface area contributed by atoms with Crippen molar-refractivity contribution in [1.29, 1.82) is 0 Å². The zero-order valence-corrected chi connectivity index (χ0v) is 46.7. The van der Waals surface area contributed by atoms with Crippen molar-refractivity contribution in [3.63, 3.8) is 0 Å². The number of halogens is 2. The van der Waals surface area contributed by atoms with Crippen LogP contribution in [0.1, 0.15) is 74.0 Å². The third-order valence-electron chi connectivity index (χ3n) is 16.8. The molecule has 2 bridgehead atoms. The highest BCUT2D eigenvalue weighted by Gasteiger charge is 2.50. The van der Waals surface area contributed by atoms with Gasteiger partial charge in [0.05, 0.1) is 75.3 Å². The van der Waals surface area contributed by atoms with E-state index >= 15 is 4.39 Å². The zero-order chi connectivity index (χ0) is 56.0. The summed E-state index contributed by atoms with van der Waals surface area (Å²) in [4.78, 5) is 48.0. The van der Waals surface area contributed by atoms with E-state index in [4.69, 9.17) is 40.5 Å². The van der Waals surface area contributed by atoms with E-state index in [0.29, 0.717) is 92.1 Å². The van der Waals surface area contributed by atoms with Crippen molar-refractivity contribution in [1.82, 2.24) is 55.7 Å². The molecule has 1 aliphatic carbocycles. The number of aromatic amines is 1. The van der Waals surface area contributed by atoms with Crippen molar-refractivity contribution in [3.05, 3.63) is 106 Å². The monoisotopic (exact) mass is 1140 g/mol. The lowest BCUT2D eigenvalue weighted by atomic mass is 9.92. The molecule has 0 radical (unpaired) electrons. The van der Waals surface area contributed by atoms with Crippen LogP contribution in [-0.2, 0) is 20.9 Å². The van der Waals surface area contributed by atoms with Crippen LogP contribution >= 0.6 is 22.9 Å². The molecule has 4 aromatic carbocycles. The number of thiazole rings is 1. The van der Waals surface area contributed by atoms with Gasteiger partial charge in [0.2, 0.25) is 11.8 Å². The Labute approximate surface area is 473 Å². The smallest absolute Gasteiger partial charge is 0.319 e. The minimum atomic E-state index is -0.992. The molecule has 23 heteroatoms. The number of amides is 2. The molecule has 4 aliphatic heterocycles. The topological polar surface area (TPSA) is 240 Å². The Hall–Kier alpha value is -7.34. The first-order chi connectivity index (χ1) is 39.2. The number of carbonyl (C=O) groups is 2. The molecule has 2 amide bonds. The van der Waals surface area contributed by atoms with Gasteiger partial charge in [0.25, 0.3) is 0 Å². The van der Waals surface area contributed by atoms with Crippen LogP contribution in [-0.4, -0.2) is 143 Å². The maximum absolute atomic E-state index is 16.1. The van der Waals surface area contributed by atoms with E-state index in [0.717, 1.165) is 34.7 Å². The highest BCUT2D eigenvalue weighted by Crippen LogP contribution is 2.55. The van der Waals surface area contributed by atoms with Crippen molar-refractivity contribution in [3.8, 4) is 50.3 Å². The number of aliphatic hydroxyl groups excluding tert-OH is 2. The standard InChI is InChI=1S/C58H60ClFN12O8S/c1-27(2)51(57(76)70-21-35(74)15-44(70)56(75)64-43(23-73)32-10-12-33(13-11-32)54-29(4)62-26-81-54)71-22-42(68-69-71)31-8-6-30(7-9-31)24-78-53-47(46-28(3)39(60)18-40-38(46)20-63-67-40)49(59)52-48-50(53)65-58(80-37-16-36(17-37)77-5)66-55(48)72-34-14-41(61-19-34)45(72)25-79-52/h6-13,18,20,22,26-27,34-37,41,43-45,51,61,73-74H,14-17,19,21,23-25H2,1-5H3,(H,63,67)(H,64,75)/t34-,35+,36?,37?,41-,43-,44-,45+,51-/m0/s1. The number of likely N-dealkylation sites (tertiary alicyclic amines) is 1. The van der Waals surface area contributed by atoms with Crippen molar-refractivity contribution < 1.29 is 43.1 Å². The molecule has 13 rings (SSSR count). The van der Waals surface area contributed by atoms with Gasteiger partial charge in [-0.05, 0) is 54.5 Å². The van der Waals surface area contributed by atoms with Crippen LogP contribution in [0.4, 0.5) is 10.2 Å². The summed E-state index contributed by atoms with van der Waals surface area (Å²) in [5.41, 5.74) is 8.42. The highest BCUT2D eigenvalue weighted by molar-refractivity contribution is 7.13. The third-order valence-corrected chi connectivity index (χ3v) is 18.1. The van der Waals surface area contributed by atoms with Crippen LogP contribution < -0.4 is 29.7 Å². The van der Waals surface area contributed by atoms with Gasteiger partial charge in [-0.1, -0.05) is 79.2 Å². The number of benzene rings is 4. The maximum Gasteiger partial charge on any atom is 0.319 e. The molecule has 3 saturated heterocycles. The summed E-state index contributed by atoms with van der Waals surface area (Å²) in [5, 5.41) is 45.5. The lowest BCUT2D eigenvalue weighted by Gasteiger charge is -2.36. The van der Waals surface area contributed by atoms with E-state index in [1.54, 1.807) is 31.9 Å². The Morgan fingerprint density at radius 1 is 1.02 bits per heavy atom. The number of hydrogen-bond acceptors (Lipinski definition) is 17. The van der Waals surface area contributed by atoms with Crippen LogP contribution in [0, 0.1) is 25.6 Å². The number of aliphatic hydroxyl groups is 2. The predicted octanol–water partition coefficient (Wildman–Crippen LogP) is 7.42. The Morgan fingerprint density at radius 2 is 1.81 bits per heavy atom. The van der Waals surface area contributed by atoms with E-state index < -0.39 is 41.9 Å². The van der Waals surface area contributed by atoms with Gasteiger partial charge in [-0.15, -0.1) is 16.4 Å². The average Bonchev–Trinajstić information content (AvgIpc) is 4.43. The Kier molecular flexibility index (Phi) is 13.9. The number of H-pyrrole nitrogens is 1. The number of piperazine rings is 1. The van der Waals surface area contributed by atoms with E-state index in [9.17, 15) is 19.8 Å². The summed E-state index contributed by atoms with van der Waals surface area (Å²) in [5.74, 6) is -0.323. The van der Waals surface area contributed by atoms with E-state index in [1.165, 1.54) is 27.0 Å². The number of ether oxygens (including phenoxy) is 4. The summed E-state index contributed by atoms with van der Waals surface area (Å²) in [6.07, 6.45) is 4.65. The second-order valence-electron chi connectivity index (χ2n) is 22.1. The summed E-state index contributed by atoms with van der Waals surface area (Å²) in [7, 11) is 1.69. The predicted molar refractivity (Wildman–Crippen MR) is 301 cm³/mol. The van der Waals surface area contributed by atoms with E-state index in [2.05, 4.69) is 41.0 Å². The number of aromatic nitrogens is 8. The summed E-state index contributed by atoms with van der Waals surface area (Å²) < 4.78 is 43.4. The van der Waals surface area contributed by atoms with Gasteiger partial charge in [-0.3, -0.25) is 14.7 Å². The molecule has 8 heterocycles. The number of methoxy groups -OCH3 is 1. The molecule has 0 unspecified atom stereocenters. The maximum atomic E-state index is 16.1. The largest absolute Gasteiger partial charge is 0.489 e. The van der Waals surface area contributed by atoms with Gasteiger partial charge in [-0.25, -0.2) is 14.1 Å². The Balaban J connectivity index is 0.784. The number of nitrogens with zero attached hydrogens (tertiary/aromatic N) is 9. The lowest BCUT2D eigenvalue weighted by Crippen LogP contribution is -2.53. The number of carbonyl (C=O) groups excluding carboxylic acids is 2. The summed E-state index contributed by atoms with van der Waals surface area (Å²) in [6, 6.07) is 14.4. The number of β-amino-alcohol motifs (C(OH)–C–C–N with tert-alkyl or cyclic N) is 1. The fourth-order valence-electron chi connectivity index (χ4n) is 12.4. The van der Waals surface area contributed by atoms with Gasteiger partial charge in [0, 0.05) is 73.6 Å². The minimum absolute atomic E-state index is 0.0298. The molecule has 1 saturated carbocycles. The van der Waals surface area contributed by atoms with Crippen LogP contribution in [0.2, 0.25) is 5.02 Å². The average molecular weight is 1140 g/mol. The van der Waals surface area contributed by atoms with Crippen LogP contribution in [0.25, 0.3) is 54.6 Å². The van der Waals surface area contributed by atoms with Crippen LogP contribution in [0.3, 0.4) is 0 Å². The molecular weight excluding hydrogens is 1080 g/mol. The Morgan fingerprint density at radius 3 is 2.56 bits per heavy atom. The SMILES string of the molecule is COC1CC(Oc2nc3c4c(c(Cl)c(-c5c(C)c(F)cc6[nH]ncc56)c(OCc5ccc(-c6cn([C@H](C(=O)N7C[C@H](O)C[C@H]7C(=O)N[C@@H](CO)c7ccc(-c8scnc8C)cc7)C(C)C)nn6)cc5)c4n2)OC[C@@H]2[C@@H]4C[C@@H](CN4)N32)C1. The van der Waals surface area contributed by atoms with Gasteiger partial charge in [-0.2, -0.15) is 15.1 Å². The number of anilines is 1. The number of rotatable bonds is 16. The molecule has 81 heavy (non-hydrogen) atoms. The first-order valence-electron chi connectivity index (χ1n) is 27.3. The fraction of sp³-hybridized carbons (Fsp3) is 0.414. The van der Waals surface area contributed by atoms with Crippen molar-refractivity contribution in [2.45, 2.75) is 115 Å². The molecule has 4 aromatic heterocycles. The molecular formula is C58H60ClFN12O8S. The summed E-state index contributed by atoms with van der Waals surface area (Å²) >= 11 is 9.16. The summed E-state index contributed by atoms with van der Waals surface area (Å²) in [6.45, 7) is 8.13. The quantitative estimate of drug-likeness (QED) is 0.0632. The number of hydrogen-bond donors (Lipinski definition) is 5. The lowest BCUT2D eigenvalue weighted by molar-refractivity contribution is -0.142. The molecule has 4 fully saturated rings. The minimum Gasteiger partial charge on any atom is -0.489 e. The van der Waals surface area contributed by atoms with Crippen LogP contribution in [0.5, 0.6) is 17.5 Å². The van der Waals surface area contributed by atoms with E-state index in [-0.39, 0.29) is 73.5 Å². The molecule has 8 aromatic rings. The first-order valence-corrected chi connectivity index (χ1v) is 28.6. The van der Waals surface area contributed by atoms with Crippen molar-refractivity contribution in [2.24, 2.45) is 5.92 Å². The second-order valence-corrected chi connectivity index (χ2v) is 23.4. The van der Waals surface area contributed by atoms with Crippen molar-refractivity contribution in [2.75, 3.05) is 38.3 Å². The molecule has 0 spiro atoms. The second kappa shape index (κ2) is 21.2.